The summed E-state index contributed by atoms with van der Waals surface area (Å²) in [5.41, 5.74) is 1.68. The first-order valence-electron chi connectivity index (χ1n) is 9.44. The summed E-state index contributed by atoms with van der Waals surface area (Å²) < 4.78 is 5.67. The molecule has 1 fully saturated rings. The number of carbonyl (C=O) groups is 4. The molecule has 1 atom stereocenters. The molecule has 2 amide bonds. The minimum Gasteiger partial charge on any atom is -0.480 e. The van der Waals surface area contributed by atoms with Gasteiger partial charge in [-0.25, -0.2) is 4.98 Å². The van der Waals surface area contributed by atoms with Crippen molar-refractivity contribution in [2.24, 2.45) is 5.92 Å². The molecule has 1 aliphatic rings. The lowest BCUT2D eigenvalue weighted by Crippen LogP contribution is -2.52. The lowest BCUT2D eigenvalue weighted by atomic mass is 9.94. The van der Waals surface area contributed by atoms with E-state index in [1.807, 2.05) is 19.1 Å². The van der Waals surface area contributed by atoms with E-state index in [1.54, 1.807) is 18.2 Å². The molecule has 31 heavy (non-hydrogen) atoms. The van der Waals surface area contributed by atoms with Crippen LogP contribution in [-0.4, -0.2) is 51.6 Å². The molecule has 9 nitrogen and oxygen atoms in total. The molecular weight excluding hydrogens is 426 g/mol. The molecule has 1 aromatic heterocycles. The van der Waals surface area contributed by atoms with Crippen LogP contribution in [0.4, 0.5) is 0 Å². The summed E-state index contributed by atoms with van der Waals surface area (Å²) in [7, 11) is 0. The van der Waals surface area contributed by atoms with Crippen molar-refractivity contribution in [1.82, 2.24) is 15.2 Å². The number of rotatable bonds is 7. The number of amides is 2. The number of Topliss-reactive ketones (excluding diaryl/α,β-unsaturated/α-hetero) is 1. The van der Waals surface area contributed by atoms with Crippen molar-refractivity contribution in [3.05, 3.63) is 52.7 Å². The standard InChI is InChI=1S/C21H20ClN3O6/c1-12-2-4-14(5-3-12)31-20-15(22)8-13(9-24-20)11-25-7-6-16(26)18(21(25)30)19(29)23-10-17(27)28/h2-5,8-9,18H,6-7,10-11H2,1H3,(H,23,29)(H,27,28). The van der Waals surface area contributed by atoms with Crippen LogP contribution in [0.1, 0.15) is 17.5 Å². The number of hydrogen-bond acceptors (Lipinski definition) is 6. The number of ether oxygens (including phenoxy) is 1. The van der Waals surface area contributed by atoms with Crippen LogP contribution < -0.4 is 10.1 Å². The lowest BCUT2D eigenvalue weighted by Gasteiger charge is -2.30. The molecule has 162 valence electrons. The number of piperidine rings is 1. The molecule has 0 radical (unpaired) electrons. The molecule has 2 N–H and O–H groups in total. The number of ketones is 1. The highest BCUT2D eigenvalue weighted by Gasteiger charge is 2.40. The van der Waals surface area contributed by atoms with Crippen LogP contribution in [-0.2, 0) is 25.7 Å². The number of carboxylic acids is 1. The van der Waals surface area contributed by atoms with E-state index in [1.165, 1.54) is 11.1 Å². The Morgan fingerprint density at radius 2 is 2.00 bits per heavy atom. The van der Waals surface area contributed by atoms with Gasteiger partial charge in [0.2, 0.25) is 17.7 Å². The maximum absolute atomic E-state index is 12.7. The zero-order chi connectivity index (χ0) is 22.5. The predicted octanol–water partition coefficient (Wildman–Crippen LogP) is 1.95. The monoisotopic (exact) mass is 445 g/mol. The third kappa shape index (κ3) is 5.58. The van der Waals surface area contributed by atoms with Crippen LogP contribution >= 0.6 is 11.6 Å². The average molecular weight is 446 g/mol. The number of nitrogens with zero attached hydrogens (tertiary/aromatic N) is 2. The fraction of sp³-hybridized carbons (Fsp3) is 0.286. The second-order valence-corrected chi connectivity index (χ2v) is 7.47. The van der Waals surface area contributed by atoms with E-state index in [2.05, 4.69) is 10.3 Å². The smallest absolute Gasteiger partial charge is 0.322 e. The molecule has 2 heterocycles. The van der Waals surface area contributed by atoms with Crippen LogP contribution in [0.15, 0.2) is 36.5 Å². The van der Waals surface area contributed by atoms with E-state index < -0.39 is 36.0 Å². The number of halogens is 1. The minimum atomic E-state index is -1.55. The van der Waals surface area contributed by atoms with Gasteiger partial charge in [-0.05, 0) is 30.7 Å². The van der Waals surface area contributed by atoms with E-state index >= 15 is 0 Å². The van der Waals surface area contributed by atoms with Crippen molar-refractivity contribution in [3.8, 4) is 11.6 Å². The second kappa shape index (κ2) is 9.57. The Bertz CT molecular complexity index is 1020. The van der Waals surface area contributed by atoms with Crippen molar-refractivity contribution < 1.29 is 29.0 Å². The van der Waals surface area contributed by atoms with E-state index in [4.69, 9.17) is 21.4 Å². The van der Waals surface area contributed by atoms with Crippen molar-refractivity contribution in [2.45, 2.75) is 19.9 Å². The first-order valence-corrected chi connectivity index (χ1v) is 9.82. The number of pyridine rings is 1. The fourth-order valence-corrected chi connectivity index (χ4v) is 3.29. The Morgan fingerprint density at radius 1 is 1.29 bits per heavy atom. The topological polar surface area (TPSA) is 126 Å². The quantitative estimate of drug-likeness (QED) is 0.624. The average Bonchev–Trinajstić information content (AvgIpc) is 2.72. The van der Waals surface area contributed by atoms with E-state index in [9.17, 15) is 19.2 Å². The van der Waals surface area contributed by atoms with Crippen LogP contribution in [0, 0.1) is 12.8 Å². The van der Waals surface area contributed by atoms with Gasteiger partial charge in [-0.3, -0.25) is 19.2 Å². The summed E-state index contributed by atoms with van der Waals surface area (Å²) >= 11 is 6.27. The maximum atomic E-state index is 12.7. The largest absolute Gasteiger partial charge is 0.480 e. The van der Waals surface area contributed by atoms with E-state index in [0.29, 0.717) is 11.3 Å². The Kier molecular flexibility index (Phi) is 6.86. The fourth-order valence-electron chi connectivity index (χ4n) is 3.06. The molecular formula is C21H20ClN3O6. The van der Waals surface area contributed by atoms with Gasteiger partial charge >= 0.3 is 5.97 Å². The molecule has 2 aromatic rings. The summed E-state index contributed by atoms with van der Waals surface area (Å²) in [6, 6.07) is 8.97. The zero-order valence-corrected chi connectivity index (χ0v) is 17.4. The molecule has 0 bridgehead atoms. The number of benzene rings is 1. The van der Waals surface area contributed by atoms with Gasteiger partial charge in [0.15, 0.2) is 11.7 Å². The number of aliphatic carboxylic acids is 1. The van der Waals surface area contributed by atoms with Crippen LogP contribution in [0.3, 0.4) is 0 Å². The summed E-state index contributed by atoms with van der Waals surface area (Å²) in [5, 5.41) is 11.0. The molecule has 1 unspecified atom stereocenters. The lowest BCUT2D eigenvalue weighted by molar-refractivity contribution is -0.152. The highest BCUT2D eigenvalue weighted by atomic mass is 35.5. The predicted molar refractivity (Wildman–Crippen MR) is 110 cm³/mol. The summed E-state index contributed by atoms with van der Waals surface area (Å²) in [5.74, 6) is -4.18. The molecule has 1 aromatic carbocycles. The van der Waals surface area contributed by atoms with Crippen LogP contribution in [0.2, 0.25) is 5.02 Å². The number of likely N-dealkylation sites (tertiary alicyclic amines) is 1. The molecule has 3 rings (SSSR count). The van der Waals surface area contributed by atoms with Crippen molar-refractivity contribution >= 4 is 35.2 Å². The third-order valence-corrected chi connectivity index (χ3v) is 4.93. The number of aryl methyl sites for hydroxylation is 1. The van der Waals surface area contributed by atoms with Gasteiger partial charge in [-0.15, -0.1) is 0 Å². The Hall–Kier alpha value is -3.46. The molecule has 10 heteroatoms. The number of aromatic nitrogens is 1. The van der Waals surface area contributed by atoms with E-state index in [0.717, 1.165) is 5.56 Å². The highest BCUT2D eigenvalue weighted by Crippen LogP contribution is 2.28. The first-order chi connectivity index (χ1) is 14.7. The number of hydrogen-bond donors (Lipinski definition) is 2. The normalized spacial score (nSPS) is 16.2. The van der Waals surface area contributed by atoms with Gasteiger partial charge in [-0.2, -0.15) is 0 Å². The second-order valence-electron chi connectivity index (χ2n) is 7.07. The SMILES string of the molecule is Cc1ccc(Oc2ncc(CN3CCC(=O)C(C(=O)NCC(=O)O)C3=O)cc2Cl)cc1. The number of carbonyl (C=O) groups excluding carboxylic acids is 3. The molecule has 0 aliphatic carbocycles. The molecule has 0 saturated carbocycles. The summed E-state index contributed by atoms with van der Waals surface area (Å²) in [6.45, 7) is 1.52. The Labute approximate surface area is 183 Å². The molecule has 0 spiro atoms. The summed E-state index contributed by atoms with van der Waals surface area (Å²) in [6.07, 6.45) is 1.49. The molecule has 1 saturated heterocycles. The number of nitrogens with one attached hydrogen (secondary N) is 1. The minimum absolute atomic E-state index is 0.00726. The van der Waals surface area contributed by atoms with Gasteiger partial charge in [-0.1, -0.05) is 29.3 Å². The number of carboxylic acid groups (broad SMARTS) is 1. The van der Waals surface area contributed by atoms with Crippen molar-refractivity contribution in [2.75, 3.05) is 13.1 Å². The van der Waals surface area contributed by atoms with Gasteiger partial charge in [0.25, 0.3) is 0 Å². The molecule has 1 aliphatic heterocycles. The van der Waals surface area contributed by atoms with Gasteiger partial charge in [0.1, 0.15) is 17.3 Å². The maximum Gasteiger partial charge on any atom is 0.322 e. The Balaban J connectivity index is 1.68. The van der Waals surface area contributed by atoms with Crippen molar-refractivity contribution in [1.29, 1.82) is 0 Å². The highest BCUT2D eigenvalue weighted by molar-refractivity contribution is 6.31. The van der Waals surface area contributed by atoms with Crippen molar-refractivity contribution in [3.63, 3.8) is 0 Å². The van der Waals surface area contributed by atoms with Gasteiger partial charge in [0, 0.05) is 25.7 Å². The van der Waals surface area contributed by atoms with Crippen LogP contribution in [0.5, 0.6) is 11.6 Å². The first kappa shape index (κ1) is 22.2. The Morgan fingerprint density at radius 3 is 2.65 bits per heavy atom. The third-order valence-electron chi connectivity index (χ3n) is 4.66. The van der Waals surface area contributed by atoms with Crippen LogP contribution in [0.25, 0.3) is 0 Å². The van der Waals surface area contributed by atoms with Gasteiger partial charge in [0.05, 0.1) is 0 Å². The zero-order valence-electron chi connectivity index (χ0n) is 16.6. The summed E-state index contributed by atoms with van der Waals surface area (Å²) in [4.78, 5) is 53.0. The van der Waals surface area contributed by atoms with E-state index in [-0.39, 0.29) is 30.4 Å². The van der Waals surface area contributed by atoms with Gasteiger partial charge < -0.3 is 20.1 Å².